The Bertz CT molecular complexity index is 501. The average molecular weight is 234 g/mol. The van der Waals surface area contributed by atoms with Crippen LogP contribution in [-0.4, -0.2) is 16.3 Å². The lowest BCUT2D eigenvalue weighted by Crippen LogP contribution is -2.17. The maximum atomic E-state index is 9.95. The molecule has 1 heterocycles. The molecule has 0 aliphatic carbocycles. The van der Waals surface area contributed by atoms with E-state index >= 15 is 0 Å². The Balaban J connectivity index is 2.29. The molecule has 0 aliphatic heterocycles. The predicted octanol–water partition coefficient (Wildman–Crippen LogP) is 2.94. The van der Waals surface area contributed by atoms with Crippen molar-refractivity contribution in [3.63, 3.8) is 0 Å². The van der Waals surface area contributed by atoms with Gasteiger partial charge in [0.15, 0.2) is 0 Å². The second-order valence-corrected chi connectivity index (χ2v) is 4.49. The molecule has 0 aliphatic rings. The van der Waals surface area contributed by atoms with E-state index in [0.29, 0.717) is 12.2 Å². The van der Waals surface area contributed by atoms with Gasteiger partial charge < -0.3 is 14.6 Å². The first kappa shape index (κ1) is 12.1. The van der Waals surface area contributed by atoms with Crippen LogP contribution >= 0.6 is 0 Å². The van der Waals surface area contributed by atoms with Crippen LogP contribution in [-0.2, 0) is 0 Å². The SMILES string of the molecule is CCCC(O)C(O)c1cc2cc(C)ccc2o1. The molecule has 0 amide bonds. The fourth-order valence-corrected chi connectivity index (χ4v) is 1.97. The summed E-state index contributed by atoms with van der Waals surface area (Å²) in [5, 5.41) is 20.6. The molecule has 2 unspecified atom stereocenters. The summed E-state index contributed by atoms with van der Waals surface area (Å²) < 4.78 is 5.54. The molecule has 92 valence electrons. The molecule has 2 atom stereocenters. The summed E-state index contributed by atoms with van der Waals surface area (Å²) in [4.78, 5) is 0. The van der Waals surface area contributed by atoms with Crippen molar-refractivity contribution in [2.45, 2.75) is 38.9 Å². The second-order valence-electron chi connectivity index (χ2n) is 4.49. The van der Waals surface area contributed by atoms with Gasteiger partial charge >= 0.3 is 0 Å². The number of rotatable bonds is 4. The van der Waals surface area contributed by atoms with E-state index in [1.165, 1.54) is 0 Å². The third-order valence-corrected chi connectivity index (χ3v) is 2.93. The minimum Gasteiger partial charge on any atom is -0.458 e. The van der Waals surface area contributed by atoms with Gasteiger partial charge in [-0.25, -0.2) is 0 Å². The topological polar surface area (TPSA) is 53.6 Å². The average Bonchev–Trinajstić information content (AvgIpc) is 2.71. The number of aryl methyl sites for hydroxylation is 1. The number of aliphatic hydroxyl groups is 2. The molecule has 17 heavy (non-hydrogen) atoms. The summed E-state index contributed by atoms with van der Waals surface area (Å²) in [6.45, 7) is 3.98. The minimum absolute atomic E-state index is 0.437. The van der Waals surface area contributed by atoms with Gasteiger partial charge in [0.2, 0.25) is 0 Å². The van der Waals surface area contributed by atoms with E-state index in [-0.39, 0.29) is 0 Å². The zero-order valence-corrected chi connectivity index (χ0v) is 10.2. The minimum atomic E-state index is -0.942. The van der Waals surface area contributed by atoms with Gasteiger partial charge in [-0.05, 0) is 31.5 Å². The first-order valence-electron chi connectivity index (χ1n) is 5.98. The van der Waals surface area contributed by atoms with Gasteiger partial charge in [0.25, 0.3) is 0 Å². The first-order chi connectivity index (χ1) is 8.11. The van der Waals surface area contributed by atoms with E-state index in [1.54, 1.807) is 6.07 Å². The number of fused-ring (bicyclic) bond motifs is 1. The molecule has 1 aromatic carbocycles. The smallest absolute Gasteiger partial charge is 0.137 e. The van der Waals surface area contributed by atoms with Crippen molar-refractivity contribution in [2.24, 2.45) is 0 Å². The van der Waals surface area contributed by atoms with Crippen molar-refractivity contribution in [3.05, 3.63) is 35.6 Å². The lowest BCUT2D eigenvalue weighted by Gasteiger charge is -2.14. The van der Waals surface area contributed by atoms with Crippen LogP contribution in [0, 0.1) is 6.92 Å². The molecule has 0 fully saturated rings. The van der Waals surface area contributed by atoms with Crippen LogP contribution < -0.4 is 0 Å². The molecule has 2 rings (SSSR count). The number of aliphatic hydroxyl groups excluding tert-OH is 2. The maximum Gasteiger partial charge on any atom is 0.137 e. The fourth-order valence-electron chi connectivity index (χ4n) is 1.97. The Morgan fingerprint density at radius 2 is 2.00 bits per heavy atom. The Labute approximate surface area is 101 Å². The molecule has 0 saturated heterocycles. The monoisotopic (exact) mass is 234 g/mol. The summed E-state index contributed by atoms with van der Waals surface area (Å²) in [6, 6.07) is 7.64. The largest absolute Gasteiger partial charge is 0.458 e. The highest BCUT2D eigenvalue weighted by molar-refractivity contribution is 5.78. The van der Waals surface area contributed by atoms with Gasteiger partial charge in [0.05, 0.1) is 6.10 Å². The van der Waals surface area contributed by atoms with Gasteiger partial charge in [0, 0.05) is 5.39 Å². The quantitative estimate of drug-likeness (QED) is 0.855. The van der Waals surface area contributed by atoms with Crippen molar-refractivity contribution in [1.82, 2.24) is 0 Å². The Morgan fingerprint density at radius 3 is 2.71 bits per heavy atom. The van der Waals surface area contributed by atoms with Gasteiger partial charge in [-0.2, -0.15) is 0 Å². The van der Waals surface area contributed by atoms with Gasteiger partial charge in [0.1, 0.15) is 17.4 Å². The molecule has 0 saturated carbocycles. The molecule has 3 heteroatoms. The zero-order valence-electron chi connectivity index (χ0n) is 10.2. The van der Waals surface area contributed by atoms with Crippen LogP contribution in [0.5, 0.6) is 0 Å². The van der Waals surface area contributed by atoms with Crippen molar-refractivity contribution in [2.75, 3.05) is 0 Å². The molecular weight excluding hydrogens is 216 g/mol. The van der Waals surface area contributed by atoms with Crippen LogP contribution in [0.4, 0.5) is 0 Å². The lowest BCUT2D eigenvalue weighted by molar-refractivity contribution is 0.00151. The van der Waals surface area contributed by atoms with E-state index in [2.05, 4.69) is 0 Å². The highest BCUT2D eigenvalue weighted by atomic mass is 16.4. The molecular formula is C14H18O3. The van der Waals surface area contributed by atoms with E-state index in [0.717, 1.165) is 23.0 Å². The van der Waals surface area contributed by atoms with Crippen molar-refractivity contribution in [3.8, 4) is 0 Å². The van der Waals surface area contributed by atoms with Crippen molar-refractivity contribution in [1.29, 1.82) is 0 Å². The molecule has 0 radical (unpaired) electrons. The molecule has 0 bridgehead atoms. The maximum absolute atomic E-state index is 9.95. The number of furan rings is 1. The van der Waals surface area contributed by atoms with E-state index < -0.39 is 12.2 Å². The highest BCUT2D eigenvalue weighted by Gasteiger charge is 2.21. The second kappa shape index (κ2) is 4.90. The normalized spacial score (nSPS) is 15.1. The van der Waals surface area contributed by atoms with Crippen molar-refractivity contribution >= 4 is 11.0 Å². The van der Waals surface area contributed by atoms with E-state index in [9.17, 15) is 10.2 Å². The number of hydrogen-bond acceptors (Lipinski definition) is 3. The summed E-state index contributed by atoms with van der Waals surface area (Å²) in [5.41, 5.74) is 1.89. The summed E-state index contributed by atoms with van der Waals surface area (Å²) in [5.74, 6) is 0.437. The number of hydrogen-bond donors (Lipinski definition) is 2. The van der Waals surface area contributed by atoms with Crippen molar-refractivity contribution < 1.29 is 14.6 Å². The molecule has 3 nitrogen and oxygen atoms in total. The van der Waals surface area contributed by atoms with E-state index in [1.807, 2.05) is 32.0 Å². The number of benzene rings is 1. The Kier molecular flexibility index (Phi) is 3.50. The lowest BCUT2D eigenvalue weighted by atomic mass is 10.1. The third-order valence-electron chi connectivity index (χ3n) is 2.93. The standard InChI is InChI=1S/C14H18O3/c1-3-4-11(15)14(16)13-8-10-7-9(2)5-6-12(10)17-13/h5-8,11,14-16H,3-4H2,1-2H3. The van der Waals surface area contributed by atoms with Gasteiger partial charge in [-0.1, -0.05) is 25.0 Å². The summed E-state index contributed by atoms with van der Waals surface area (Å²) in [7, 11) is 0. The first-order valence-corrected chi connectivity index (χ1v) is 5.98. The molecule has 0 spiro atoms. The molecule has 2 aromatic rings. The van der Waals surface area contributed by atoms with Gasteiger partial charge in [-0.3, -0.25) is 0 Å². The van der Waals surface area contributed by atoms with Crippen LogP contribution in [0.3, 0.4) is 0 Å². The van der Waals surface area contributed by atoms with Crippen LogP contribution in [0.25, 0.3) is 11.0 Å². The van der Waals surface area contributed by atoms with Gasteiger partial charge in [-0.15, -0.1) is 0 Å². The Hall–Kier alpha value is -1.32. The zero-order chi connectivity index (χ0) is 12.4. The molecule has 1 aromatic heterocycles. The highest BCUT2D eigenvalue weighted by Crippen LogP contribution is 2.27. The van der Waals surface area contributed by atoms with E-state index in [4.69, 9.17) is 4.42 Å². The Morgan fingerprint density at radius 1 is 1.24 bits per heavy atom. The van der Waals surface area contributed by atoms with Crippen LogP contribution in [0.2, 0.25) is 0 Å². The van der Waals surface area contributed by atoms with Crippen LogP contribution in [0.15, 0.2) is 28.7 Å². The summed E-state index contributed by atoms with van der Waals surface area (Å²) in [6.07, 6.45) is -0.307. The predicted molar refractivity (Wildman–Crippen MR) is 66.8 cm³/mol. The summed E-state index contributed by atoms with van der Waals surface area (Å²) >= 11 is 0. The molecule has 2 N–H and O–H groups in total. The third kappa shape index (κ3) is 2.51. The van der Waals surface area contributed by atoms with Crippen LogP contribution in [0.1, 0.15) is 37.2 Å². The fraction of sp³-hybridized carbons (Fsp3) is 0.429.